The number of thiocarbonyl (C=S) groups is 1. The van der Waals surface area contributed by atoms with E-state index in [1.54, 1.807) is 18.2 Å². The molecular weight excluding hydrogens is 410 g/mol. The molecule has 0 saturated heterocycles. The lowest BCUT2D eigenvalue weighted by Crippen LogP contribution is -2.34. The smallest absolute Gasteiger partial charge is 0.261 e. The van der Waals surface area contributed by atoms with Crippen molar-refractivity contribution in [3.05, 3.63) is 53.6 Å². The highest BCUT2D eigenvalue weighted by Gasteiger charge is 2.29. The van der Waals surface area contributed by atoms with Crippen molar-refractivity contribution in [1.82, 2.24) is 5.32 Å². The molecule has 2 amide bonds. The first-order valence-corrected chi connectivity index (χ1v) is 11.1. The van der Waals surface area contributed by atoms with Crippen LogP contribution in [0.5, 0.6) is 5.75 Å². The van der Waals surface area contributed by atoms with Crippen molar-refractivity contribution in [3.8, 4) is 5.75 Å². The van der Waals surface area contributed by atoms with E-state index < -0.39 is 0 Å². The summed E-state index contributed by atoms with van der Waals surface area (Å²) in [5.74, 6) is 0.381. The summed E-state index contributed by atoms with van der Waals surface area (Å²) in [6.07, 6.45) is 5.03. The molecular formula is C24H29N3O3S. The largest absolute Gasteiger partial charge is 0.493 e. The van der Waals surface area contributed by atoms with Gasteiger partial charge in [0.05, 0.1) is 12.2 Å². The SMILES string of the molecule is CCCCCOc1ccccc1C(=O)NC(=S)Nc1cccc(NC(=O)C2CC2)c1C. The van der Waals surface area contributed by atoms with Gasteiger partial charge in [0.2, 0.25) is 5.91 Å². The minimum Gasteiger partial charge on any atom is -0.493 e. The minimum absolute atomic E-state index is 0.0478. The minimum atomic E-state index is -0.334. The molecule has 1 aliphatic rings. The second kappa shape index (κ2) is 10.9. The zero-order valence-corrected chi connectivity index (χ0v) is 18.8. The van der Waals surface area contributed by atoms with Crippen LogP contribution in [-0.2, 0) is 4.79 Å². The Labute approximate surface area is 188 Å². The number of ether oxygens (including phenoxy) is 1. The molecule has 2 aromatic rings. The number of carbonyl (C=O) groups is 2. The monoisotopic (exact) mass is 439 g/mol. The Bertz CT molecular complexity index is 957. The summed E-state index contributed by atoms with van der Waals surface area (Å²) in [5.41, 5.74) is 2.75. The Morgan fingerprint density at radius 1 is 1.03 bits per heavy atom. The van der Waals surface area contributed by atoms with Gasteiger partial charge in [0.25, 0.3) is 5.91 Å². The number of anilines is 2. The van der Waals surface area contributed by atoms with Gasteiger partial charge in [0, 0.05) is 17.3 Å². The number of rotatable bonds is 9. The van der Waals surface area contributed by atoms with Crippen LogP contribution in [0, 0.1) is 12.8 Å². The molecule has 0 aromatic heterocycles. The van der Waals surface area contributed by atoms with Gasteiger partial charge in [-0.3, -0.25) is 14.9 Å². The van der Waals surface area contributed by atoms with E-state index in [4.69, 9.17) is 17.0 Å². The molecule has 0 unspecified atom stereocenters. The summed E-state index contributed by atoms with van der Waals surface area (Å²) in [6, 6.07) is 12.7. The molecule has 0 radical (unpaired) electrons. The van der Waals surface area contributed by atoms with E-state index in [2.05, 4.69) is 22.9 Å². The number of unbranched alkanes of at least 4 members (excludes halogenated alkanes) is 2. The topological polar surface area (TPSA) is 79.5 Å². The van der Waals surface area contributed by atoms with E-state index in [-0.39, 0.29) is 22.8 Å². The molecule has 164 valence electrons. The fourth-order valence-electron chi connectivity index (χ4n) is 3.13. The van der Waals surface area contributed by atoms with Crippen molar-refractivity contribution in [1.29, 1.82) is 0 Å². The summed E-state index contributed by atoms with van der Waals surface area (Å²) in [4.78, 5) is 24.8. The van der Waals surface area contributed by atoms with Crippen molar-refractivity contribution >= 4 is 40.5 Å². The Morgan fingerprint density at radius 3 is 2.45 bits per heavy atom. The van der Waals surface area contributed by atoms with Crippen molar-refractivity contribution in [2.75, 3.05) is 17.2 Å². The number of carbonyl (C=O) groups excluding carboxylic acids is 2. The van der Waals surface area contributed by atoms with Crippen LogP contribution in [0.2, 0.25) is 0 Å². The molecule has 3 rings (SSSR count). The van der Waals surface area contributed by atoms with Gasteiger partial charge in [0.1, 0.15) is 5.75 Å². The average Bonchev–Trinajstić information content (AvgIpc) is 3.60. The van der Waals surface area contributed by atoms with Crippen LogP contribution in [0.1, 0.15) is 54.9 Å². The third kappa shape index (κ3) is 6.52. The molecule has 1 aliphatic carbocycles. The Morgan fingerprint density at radius 2 is 1.74 bits per heavy atom. The number of hydrogen-bond donors (Lipinski definition) is 3. The molecule has 3 N–H and O–H groups in total. The maximum absolute atomic E-state index is 12.8. The van der Waals surface area contributed by atoms with Gasteiger partial charge in [-0.25, -0.2) is 0 Å². The lowest BCUT2D eigenvalue weighted by atomic mass is 10.1. The van der Waals surface area contributed by atoms with Gasteiger partial charge in [-0.1, -0.05) is 38.0 Å². The number of hydrogen-bond acceptors (Lipinski definition) is 4. The van der Waals surface area contributed by atoms with Crippen LogP contribution in [-0.4, -0.2) is 23.5 Å². The quantitative estimate of drug-likeness (QED) is 0.377. The van der Waals surface area contributed by atoms with E-state index in [0.717, 1.165) is 49.0 Å². The standard InChI is InChI=1S/C24H29N3O3S/c1-3-4-7-15-30-21-12-6-5-9-18(21)23(29)27-24(31)26-20-11-8-10-19(16(20)2)25-22(28)17-13-14-17/h5-6,8-12,17H,3-4,7,13-15H2,1-2H3,(H,25,28)(H2,26,27,29,31). The fourth-order valence-corrected chi connectivity index (χ4v) is 3.33. The molecule has 6 nitrogen and oxygen atoms in total. The average molecular weight is 440 g/mol. The predicted octanol–water partition coefficient (Wildman–Crippen LogP) is 5.04. The third-order valence-corrected chi connectivity index (χ3v) is 5.36. The Kier molecular flexibility index (Phi) is 8.00. The van der Waals surface area contributed by atoms with Crippen LogP contribution in [0.25, 0.3) is 0 Å². The molecule has 0 atom stereocenters. The maximum Gasteiger partial charge on any atom is 0.261 e. The van der Waals surface area contributed by atoms with Crippen molar-refractivity contribution < 1.29 is 14.3 Å². The van der Waals surface area contributed by atoms with Crippen molar-refractivity contribution in [3.63, 3.8) is 0 Å². The lowest BCUT2D eigenvalue weighted by Gasteiger charge is -2.16. The first-order valence-electron chi connectivity index (χ1n) is 10.7. The fraction of sp³-hybridized carbons (Fsp3) is 0.375. The molecule has 1 saturated carbocycles. The van der Waals surface area contributed by atoms with Gasteiger partial charge >= 0.3 is 0 Å². The van der Waals surface area contributed by atoms with Gasteiger partial charge in [-0.15, -0.1) is 0 Å². The van der Waals surface area contributed by atoms with Crippen LogP contribution in [0.15, 0.2) is 42.5 Å². The molecule has 7 heteroatoms. The number of amides is 2. The van der Waals surface area contributed by atoms with E-state index in [0.29, 0.717) is 17.9 Å². The summed E-state index contributed by atoms with van der Waals surface area (Å²) in [7, 11) is 0. The van der Waals surface area contributed by atoms with Gasteiger partial charge in [-0.2, -0.15) is 0 Å². The number of para-hydroxylation sites is 1. The predicted molar refractivity (Wildman–Crippen MR) is 128 cm³/mol. The maximum atomic E-state index is 12.8. The van der Waals surface area contributed by atoms with E-state index in [9.17, 15) is 9.59 Å². The van der Waals surface area contributed by atoms with Crippen molar-refractivity contribution in [2.24, 2.45) is 5.92 Å². The van der Waals surface area contributed by atoms with Crippen LogP contribution < -0.4 is 20.7 Å². The summed E-state index contributed by atoms with van der Waals surface area (Å²) < 4.78 is 5.79. The first kappa shape index (κ1) is 22.7. The highest BCUT2D eigenvalue weighted by Crippen LogP contribution is 2.31. The van der Waals surface area contributed by atoms with Crippen molar-refractivity contribution in [2.45, 2.75) is 46.0 Å². The summed E-state index contributed by atoms with van der Waals surface area (Å²) in [5, 5.41) is 8.91. The first-order chi connectivity index (χ1) is 15.0. The molecule has 0 heterocycles. The van der Waals surface area contributed by atoms with E-state index in [1.807, 2.05) is 31.2 Å². The second-order valence-electron chi connectivity index (χ2n) is 7.70. The second-order valence-corrected chi connectivity index (χ2v) is 8.11. The molecule has 0 spiro atoms. The molecule has 2 aromatic carbocycles. The van der Waals surface area contributed by atoms with Gasteiger partial charge < -0.3 is 15.4 Å². The summed E-state index contributed by atoms with van der Waals surface area (Å²) >= 11 is 5.35. The number of nitrogens with one attached hydrogen (secondary N) is 3. The van der Waals surface area contributed by atoms with Gasteiger partial charge in [0.15, 0.2) is 5.11 Å². The van der Waals surface area contributed by atoms with Crippen LogP contribution in [0.3, 0.4) is 0 Å². The highest BCUT2D eigenvalue weighted by atomic mass is 32.1. The summed E-state index contributed by atoms with van der Waals surface area (Å²) in [6.45, 7) is 4.60. The normalized spacial score (nSPS) is 12.7. The Hall–Kier alpha value is -2.93. The lowest BCUT2D eigenvalue weighted by molar-refractivity contribution is -0.117. The molecule has 0 aliphatic heterocycles. The van der Waals surface area contributed by atoms with Crippen LogP contribution >= 0.6 is 12.2 Å². The van der Waals surface area contributed by atoms with E-state index >= 15 is 0 Å². The Balaban J connectivity index is 1.61. The molecule has 0 bridgehead atoms. The zero-order chi connectivity index (χ0) is 22.2. The zero-order valence-electron chi connectivity index (χ0n) is 18.0. The highest BCUT2D eigenvalue weighted by molar-refractivity contribution is 7.80. The number of benzene rings is 2. The molecule has 1 fully saturated rings. The third-order valence-electron chi connectivity index (χ3n) is 5.15. The van der Waals surface area contributed by atoms with E-state index in [1.165, 1.54) is 0 Å². The van der Waals surface area contributed by atoms with Crippen LogP contribution in [0.4, 0.5) is 11.4 Å². The molecule has 31 heavy (non-hydrogen) atoms. The van der Waals surface area contributed by atoms with Gasteiger partial charge in [-0.05, 0) is 68.2 Å².